The molecule has 0 aromatic heterocycles. The minimum Gasteiger partial charge on any atom is -0.355 e. The zero-order valence-corrected chi connectivity index (χ0v) is 15.1. The topological polar surface area (TPSA) is 130 Å². The fraction of sp³-hybridized carbons (Fsp3) is 0.467. The van der Waals surface area contributed by atoms with E-state index in [1.54, 1.807) is 0 Å². The van der Waals surface area contributed by atoms with Gasteiger partial charge in [-0.25, -0.2) is 8.42 Å². The summed E-state index contributed by atoms with van der Waals surface area (Å²) in [6, 6.07) is 5.00. The first-order valence-electron chi connectivity index (χ1n) is 8.05. The Hall–Kier alpha value is -2.53. The Balaban J connectivity index is 2.12. The maximum atomic E-state index is 12.7. The van der Waals surface area contributed by atoms with Gasteiger partial charge in [-0.1, -0.05) is 19.1 Å². The summed E-state index contributed by atoms with van der Waals surface area (Å²) in [5.74, 6) is -0.833. The van der Waals surface area contributed by atoms with Crippen LogP contribution < -0.4 is 5.32 Å². The number of nitrogens with one attached hydrogen (secondary N) is 1. The zero-order valence-electron chi connectivity index (χ0n) is 14.3. The van der Waals surface area contributed by atoms with Crippen molar-refractivity contribution < 1.29 is 22.9 Å². The van der Waals surface area contributed by atoms with Gasteiger partial charge in [0.1, 0.15) is 0 Å². The van der Waals surface area contributed by atoms with Gasteiger partial charge >= 0.3 is 0 Å². The van der Waals surface area contributed by atoms with Crippen molar-refractivity contribution in [1.82, 2.24) is 14.5 Å². The molecule has 2 rings (SSSR count). The molecule has 0 aliphatic carbocycles. The van der Waals surface area contributed by atoms with Crippen LogP contribution in [0.2, 0.25) is 0 Å². The zero-order chi connectivity index (χ0) is 19.3. The number of hydrogen-bond donors (Lipinski definition) is 1. The van der Waals surface area contributed by atoms with Gasteiger partial charge in [0.15, 0.2) is 4.90 Å². The van der Waals surface area contributed by atoms with Crippen molar-refractivity contribution in [2.75, 3.05) is 32.7 Å². The van der Waals surface area contributed by atoms with E-state index in [1.165, 1.54) is 17.0 Å². The second-order valence-corrected chi connectivity index (χ2v) is 7.64. The van der Waals surface area contributed by atoms with Crippen LogP contribution in [0.4, 0.5) is 5.69 Å². The van der Waals surface area contributed by atoms with E-state index < -0.39 is 38.0 Å². The van der Waals surface area contributed by atoms with E-state index in [2.05, 4.69) is 5.32 Å². The fourth-order valence-corrected chi connectivity index (χ4v) is 4.06. The fourth-order valence-electron chi connectivity index (χ4n) is 2.52. The summed E-state index contributed by atoms with van der Waals surface area (Å²) in [6.07, 6.45) is 0.765. The van der Waals surface area contributed by atoms with Crippen molar-refractivity contribution in [1.29, 1.82) is 0 Å². The predicted molar refractivity (Wildman–Crippen MR) is 91.7 cm³/mol. The summed E-state index contributed by atoms with van der Waals surface area (Å²) in [6.45, 7) is 1.80. The highest BCUT2D eigenvalue weighted by Crippen LogP contribution is 2.27. The third-order valence-electron chi connectivity index (χ3n) is 3.87. The van der Waals surface area contributed by atoms with Crippen LogP contribution in [0.3, 0.4) is 0 Å². The molecule has 1 aliphatic rings. The third kappa shape index (κ3) is 4.35. The molecule has 2 amide bonds. The van der Waals surface area contributed by atoms with Crippen molar-refractivity contribution in [3.05, 3.63) is 34.4 Å². The molecule has 0 spiro atoms. The molecule has 0 radical (unpaired) electrons. The standard InChI is InChI=1S/C15H20N4O6S/c1-2-7-16-14(20)10-17-8-9-18(11-15(17)21)26(24,25)13-6-4-3-5-12(13)19(22)23/h3-6H,2,7-11H2,1H3,(H,16,20). The SMILES string of the molecule is CCCNC(=O)CN1CCN(S(=O)(=O)c2ccccc2[N+](=O)[O-])CC1=O. The molecule has 142 valence electrons. The van der Waals surface area contributed by atoms with Gasteiger partial charge in [0.2, 0.25) is 21.8 Å². The molecule has 0 bridgehead atoms. The van der Waals surface area contributed by atoms with E-state index in [4.69, 9.17) is 0 Å². The Labute approximate surface area is 151 Å². The third-order valence-corrected chi connectivity index (χ3v) is 5.76. The van der Waals surface area contributed by atoms with Crippen LogP contribution >= 0.6 is 0 Å². The molecule has 1 heterocycles. The highest BCUT2D eigenvalue weighted by atomic mass is 32.2. The van der Waals surface area contributed by atoms with Gasteiger partial charge in [-0.2, -0.15) is 4.31 Å². The minimum atomic E-state index is -4.19. The summed E-state index contributed by atoms with van der Waals surface area (Å²) >= 11 is 0. The average Bonchev–Trinajstić information content (AvgIpc) is 2.61. The summed E-state index contributed by atoms with van der Waals surface area (Å²) in [5, 5.41) is 13.7. The van der Waals surface area contributed by atoms with E-state index in [9.17, 15) is 28.1 Å². The number of nitrogens with zero attached hydrogens (tertiary/aromatic N) is 3. The molecule has 26 heavy (non-hydrogen) atoms. The van der Waals surface area contributed by atoms with Gasteiger partial charge in [0, 0.05) is 25.7 Å². The molecule has 1 fully saturated rings. The molecule has 1 saturated heterocycles. The number of nitro benzene ring substituents is 1. The number of hydrogen-bond acceptors (Lipinski definition) is 6. The summed E-state index contributed by atoms with van der Waals surface area (Å²) < 4.78 is 26.3. The number of nitro groups is 1. The smallest absolute Gasteiger partial charge is 0.289 e. The molecule has 0 unspecified atom stereocenters. The van der Waals surface area contributed by atoms with Crippen molar-refractivity contribution in [3.8, 4) is 0 Å². The second-order valence-electron chi connectivity index (χ2n) is 5.73. The summed E-state index contributed by atoms with van der Waals surface area (Å²) in [7, 11) is -4.19. The van der Waals surface area contributed by atoms with Crippen molar-refractivity contribution in [2.45, 2.75) is 18.2 Å². The Morgan fingerprint density at radius 1 is 1.31 bits per heavy atom. The number of carbonyl (C=O) groups is 2. The van der Waals surface area contributed by atoms with Gasteiger partial charge in [-0.15, -0.1) is 0 Å². The molecule has 0 atom stereocenters. The molecule has 10 nitrogen and oxygen atoms in total. The second kappa shape index (κ2) is 8.23. The predicted octanol–water partition coefficient (Wildman–Crippen LogP) is -0.0461. The van der Waals surface area contributed by atoms with Crippen molar-refractivity contribution >= 4 is 27.5 Å². The molecule has 1 aliphatic heterocycles. The van der Waals surface area contributed by atoms with Gasteiger partial charge in [0.05, 0.1) is 18.0 Å². The molecular formula is C15H20N4O6S. The Morgan fingerprint density at radius 3 is 2.62 bits per heavy atom. The van der Waals surface area contributed by atoms with Crippen LogP contribution in [0, 0.1) is 10.1 Å². The first-order valence-corrected chi connectivity index (χ1v) is 9.49. The molecular weight excluding hydrogens is 364 g/mol. The van der Waals surface area contributed by atoms with Crippen molar-refractivity contribution in [3.63, 3.8) is 0 Å². The Bertz CT molecular complexity index is 810. The van der Waals surface area contributed by atoms with Crippen LogP contribution in [-0.2, 0) is 19.6 Å². The van der Waals surface area contributed by atoms with E-state index in [-0.39, 0.29) is 25.5 Å². The number of amides is 2. The number of piperazine rings is 1. The molecule has 1 aromatic rings. The molecule has 1 aromatic carbocycles. The number of sulfonamides is 1. The lowest BCUT2D eigenvalue weighted by molar-refractivity contribution is -0.387. The molecule has 11 heteroatoms. The maximum Gasteiger partial charge on any atom is 0.289 e. The van der Waals surface area contributed by atoms with Crippen LogP contribution in [0.1, 0.15) is 13.3 Å². The first kappa shape index (κ1) is 19.8. The largest absolute Gasteiger partial charge is 0.355 e. The van der Waals surface area contributed by atoms with E-state index in [0.29, 0.717) is 6.54 Å². The van der Waals surface area contributed by atoms with E-state index in [0.717, 1.165) is 22.9 Å². The van der Waals surface area contributed by atoms with Crippen LogP contribution in [0.25, 0.3) is 0 Å². The summed E-state index contributed by atoms with van der Waals surface area (Å²) in [4.78, 5) is 35.1. The summed E-state index contributed by atoms with van der Waals surface area (Å²) in [5.41, 5.74) is -0.540. The van der Waals surface area contributed by atoms with E-state index in [1.807, 2.05) is 6.92 Å². The lowest BCUT2D eigenvalue weighted by Crippen LogP contribution is -2.54. The van der Waals surface area contributed by atoms with Gasteiger partial charge < -0.3 is 10.2 Å². The highest BCUT2D eigenvalue weighted by Gasteiger charge is 2.36. The van der Waals surface area contributed by atoms with Gasteiger partial charge in [-0.3, -0.25) is 19.7 Å². The van der Waals surface area contributed by atoms with Gasteiger partial charge in [-0.05, 0) is 12.5 Å². The van der Waals surface area contributed by atoms with Crippen LogP contribution in [0.5, 0.6) is 0 Å². The minimum absolute atomic E-state index is 0.0399. The lowest BCUT2D eigenvalue weighted by Gasteiger charge is -2.33. The first-order chi connectivity index (χ1) is 12.3. The molecule has 0 saturated carbocycles. The number of rotatable bonds is 7. The van der Waals surface area contributed by atoms with Crippen molar-refractivity contribution in [2.24, 2.45) is 0 Å². The number of para-hydroxylation sites is 1. The number of benzene rings is 1. The van der Waals surface area contributed by atoms with Gasteiger partial charge in [0.25, 0.3) is 5.69 Å². The normalized spacial score (nSPS) is 15.7. The monoisotopic (exact) mass is 384 g/mol. The van der Waals surface area contributed by atoms with Crippen LogP contribution in [0.15, 0.2) is 29.2 Å². The molecule has 1 N–H and O–H groups in total. The Kier molecular flexibility index (Phi) is 6.27. The van der Waals surface area contributed by atoms with Crippen LogP contribution in [-0.4, -0.2) is 67.1 Å². The lowest BCUT2D eigenvalue weighted by atomic mass is 10.3. The quantitative estimate of drug-likeness (QED) is 0.518. The maximum absolute atomic E-state index is 12.7. The highest BCUT2D eigenvalue weighted by molar-refractivity contribution is 7.89. The van der Waals surface area contributed by atoms with E-state index >= 15 is 0 Å². The number of carbonyl (C=O) groups excluding carboxylic acids is 2. The average molecular weight is 384 g/mol. The Morgan fingerprint density at radius 2 is 2.00 bits per heavy atom.